The predicted octanol–water partition coefficient (Wildman–Crippen LogP) is 4.76. The fraction of sp³-hybridized carbons (Fsp3) is 0.269. The standard InChI is InChI=1S/C26H30N2O3S/c1-17-11-12-23(19(3)13-17)27-26(29)24(16-22-9-7-6-8-10-22)28-32(30,31)25-20(4)14-18(2)15-21(25)5/h6-15,24,28H,16H2,1-5H3,(H,27,29)/t24-/m0/s1. The number of benzene rings is 3. The Morgan fingerprint density at radius 3 is 2.00 bits per heavy atom. The molecule has 32 heavy (non-hydrogen) atoms. The molecule has 1 atom stereocenters. The van der Waals surface area contributed by atoms with Crippen molar-refractivity contribution in [2.24, 2.45) is 0 Å². The lowest BCUT2D eigenvalue weighted by Crippen LogP contribution is -2.45. The number of aryl methyl sites for hydroxylation is 5. The van der Waals surface area contributed by atoms with E-state index in [2.05, 4.69) is 10.0 Å². The zero-order valence-corrected chi connectivity index (χ0v) is 20.0. The van der Waals surface area contributed by atoms with Crippen LogP contribution in [0.15, 0.2) is 65.6 Å². The minimum Gasteiger partial charge on any atom is -0.324 e. The molecular weight excluding hydrogens is 420 g/mol. The van der Waals surface area contributed by atoms with E-state index >= 15 is 0 Å². The van der Waals surface area contributed by atoms with E-state index in [-0.39, 0.29) is 11.3 Å². The number of carbonyl (C=O) groups is 1. The molecule has 0 saturated carbocycles. The van der Waals surface area contributed by atoms with E-state index in [1.165, 1.54) is 0 Å². The summed E-state index contributed by atoms with van der Waals surface area (Å²) in [5.74, 6) is -0.396. The van der Waals surface area contributed by atoms with Gasteiger partial charge in [0.25, 0.3) is 0 Å². The number of sulfonamides is 1. The zero-order valence-electron chi connectivity index (χ0n) is 19.2. The summed E-state index contributed by atoms with van der Waals surface area (Å²) in [6.45, 7) is 9.38. The number of amides is 1. The summed E-state index contributed by atoms with van der Waals surface area (Å²) in [5.41, 5.74) is 5.85. The third-order valence-corrected chi connectivity index (χ3v) is 7.19. The Hall–Kier alpha value is -2.96. The third-order valence-electron chi connectivity index (χ3n) is 5.41. The largest absolute Gasteiger partial charge is 0.324 e. The van der Waals surface area contributed by atoms with E-state index in [9.17, 15) is 13.2 Å². The zero-order chi connectivity index (χ0) is 23.5. The number of anilines is 1. The van der Waals surface area contributed by atoms with Gasteiger partial charge in [-0.25, -0.2) is 8.42 Å². The van der Waals surface area contributed by atoms with Gasteiger partial charge in [0.05, 0.1) is 4.90 Å². The molecule has 168 valence electrons. The highest BCUT2D eigenvalue weighted by Crippen LogP contribution is 2.23. The minimum absolute atomic E-state index is 0.223. The van der Waals surface area contributed by atoms with Crippen LogP contribution in [0, 0.1) is 34.6 Å². The number of nitrogens with one attached hydrogen (secondary N) is 2. The molecule has 3 aromatic carbocycles. The molecule has 0 saturated heterocycles. The van der Waals surface area contributed by atoms with Crippen molar-refractivity contribution in [1.82, 2.24) is 4.72 Å². The van der Waals surface area contributed by atoms with Gasteiger partial charge in [-0.15, -0.1) is 0 Å². The van der Waals surface area contributed by atoms with Gasteiger partial charge in [-0.1, -0.05) is 65.7 Å². The molecule has 0 bridgehead atoms. The number of hydrogen-bond acceptors (Lipinski definition) is 3. The Balaban J connectivity index is 1.94. The SMILES string of the molecule is Cc1ccc(NC(=O)[C@H](Cc2ccccc2)NS(=O)(=O)c2c(C)cc(C)cc2C)c(C)c1. The number of carbonyl (C=O) groups excluding carboxylic acids is 1. The Bertz CT molecular complexity index is 1210. The van der Waals surface area contributed by atoms with E-state index < -0.39 is 22.0 Å². The fourth-order valence-electron chi connectivity index (χ4n) is 4.05. The summed E-state index contributed by atoms with van der Waals surface area (Å²) in [4.78, 5) is 13.5. The van der Waals surface area contributed by atoms with Gasteiger partial charge >= 0.3 is 0 Å². The van der Waals surface area contributed by atoms with Crippen molar-refractivity contribution in [2.75, 3.05) is 5.32 Å². The quantitative estimate of drug-likeness (QED) is 0.545. The number of hydrogen-bond donors (Lipinski definition) is 2. The van der Waals surface area contributed by atoms with Crippen LogP contribution in [-0.4, -0.2) is 20.4 Å². The first kappa shape index (κ1) is 23.7. The fourth-order valence-corrected chi connectivity index (χ4v) is 5.70. The summed E-state index contributed by atoms with van der Waals surface area (Å²) in [7, 11) is -3.92. The summed E-state index contributed by atoms with van der Waals surface area (Å²) in [5, 5.41) is 2.90. The maximum Gasteiger partial charge on any atom is 0.242 e. The van der Waals surface area contributed by atoms with Crippen LogP contribution in [0.25, 0.3) is 0 Å². The van der Waals surface area contributed by atoms with Gasteiger partial charge < -0.3 is 5.32 Å². The Morgan fingerprint density at radius 2 is 1.41 bits per heavy atom. The van der Waals surface area contributed by atoms with Crippen molar-refractivity contribution < 1.29 is 13.2 Å². The van der Waals surface area contributed by atoms with Gasteiger partial charge in [0.15, 0.2) is 0 Å². The highest BCUT2D eigenvalue weighted by atomic mass is 32.2. The molecule has 0 aliphatic carbocycles. The smallest absolute Gasteiger partial charge is 0.242 e. The molecule has 0 heterocycles. The second-order valence-electron chi connectivity index (χ2n) is 8.40. The normalized spacial score (nSPS) is 12.4. The molecule has 0 fully saturated rings. The Labute approximate surface area is 190 Å². The summed E-state index contributed by atoms with van der Waals surface area (Å²) < 4.78 is 29.4. The molecule has 1 amide bonds. The average molecular weight is 451 g/mol. The van der Waals surface area contributed by atoms with Gasteiger partial charge in [-0.2, -0.15) is 4.72 Å². The van der Waals surface area contributed by atoms with Crippen LogP contribution in [-0.2, 0) is 21.2 Å². The second-order valence-corrected chi connectivity index (χ2v) is 10.0. The molecule has 0 aliphatic heterocycles. The van der Waals surface area contributed by atoms with Crippen LogP contribution in [0.5, 0.6) is 0 Å². The van der Waals surface area contributed by atoms with Crippen molar-refractivity contribution in [3.05, 3.63) is 94.0 Å². The molecule has 0 spiro atoms. The van der Waals surface area contributed by atoms with Crippen LogP contribution >= 0.6 is 0 Å². The molecule has 0 aliphatic rings. The van der Waals surface area contributed by atoms with Gasteiger partial charge in [-0.3, -0.25) is 4.79 Å². The molecule has 2 N–H and O–H groups in total. The van der Waals surface area contributed by atoms with Crippen LogP contribution < -0.4 is 10.0 Å². The molecule has 3 rings (SSSR count). The topological polar surface area (TPSA) is 75.3 Å². The molecule has 5 nitrogen and oxygen atoms in total. The molecule has 3 aromatic rings. The van der Waals surface area contributed by atoms with Crippen molar-refractivity contribution in [3.63, 3.8) is 0 Å². The van der Waals surface area contributed by atoms with Crippen molar-refractivity contribution in [2.45, 2.75) is 52.0 Å². The average Bonchev–Trinajstić information content (AvgIpc) is 2.69. The Morgan fingerprint density at radius 1 is 0.812 bits per heavy atom. The molecular formula is C26H30N2O3S. The van der Waals surface area contributed by atoms with Gasteiger partial charge in [-0.05, 0) is 69.4 Å². The van der Waals surface area contributed by atoms with Gasteiger partial charge in [0.2, 0.25) is 15.9 Å². The third kappa shape index (κ3) is 5.64. The van der Waals surface area contributed by atoms with Crippen molar-refractivity contribution in [1.29, 1.82) is 0 Å². The minimum atomic E-state index is -3.92. The molecule has 0 aromatic heterocycles. The molecule has 6 heteroatoms. The second kappa shape index (κ2) is 9.67. The van der Waals surface area contributed by atoms with E-state index in [4.69, 9.17) is 0 Å². The van der Waals surface area contributed by atoms with Crippen molar-refractivity contribution in [3.8, 4) is 0 Å². The van der Waals surface area contributed by atoms with Gasteiger partial charge in [0, 0.05) is 5.69 Å². The van der Waals surface area contributed by atoms with E-state index in [1.54, 1.807) is 13.8 Å². The lowest BCUT2D eigenvalue weighted by atomic mass is 10.1. The van der Waals surface area contributed by atoms with Crippen molar-refractivity contribution >= 4 is 21.6 Å². The van der Waals surface area contributed by atoms with E-state index in [1.807, 2.05) is 81.4 Å². The van der Waals surface area contributed by atoms with Gasteiger partial charge in [0.1, 0.15) is 6.04 Å². The molecule has 0 radical (unpaired) electrons. The first-order chi connectivity index (χ1) is 15.1. The lowest BCUT2D eigenvalue weighted by Gasteiger charge is -2.21. The highest BCUT2D eigenvalue weighted by Gasteiger charge is 2.28. The van der Waals surface area contributed by atoms with E-state index in [0.29, 0.717) is 16.8 Å². The first-order valence-corrected chi connectivity index (χ1v) is 12.1. The van der Waals surface area contributed by atoms with Crippen LogP contribution in [0.1, 0.15) is 33.4 Å². The highest BCUT2D eigenvalue weighted by molar-refractivity contribution is 7.89. The molecule has 0 unspecified atom stereocenters. The monoisotopic (exact) mass is 450 g/mol. The summed E-state index contributed by atoms with van der Waals surface area (Å²) in [6.07, 6.45) is 0.237. The lowest BCUT2D eigenvalue weighted by molar-refractivity contribution is -0.117. The van der Waals surface area contributed by atoms with E-state index in [0.717, 1.165) is 22.3 Å². The predicted molar refractivity (Wildman–Crippen MR) is 129 cm³/mol. The Kier molecular flexibility index (Phi) is 7.16. The van der Waals surface area contributed by atoms with Crippen LogP contribution in [0.2, 0.25) is 0 Å². The number of rotatable bonds is 7. The van der Waals surface area contributed by atoms with Crippen LogP contribution in [0.4, 0.5) is 5.69 Å². The maximum atomic E-state index is 13.4. The first-order valence-electron chi connectivity index (χ1n) is 10.6. The summed E-state index contributed by atoms with van der Waals surface area (Å²) >= 11 is 0. The van der Waals surface area contributed by atoms with Crippen LogP contribution in [0.3, 0.4) is 0 Å². The maximum absolute atomic E-state index is 13.4. The summed E-state index contributed by atoms with van der Waals surface area (Å²) in [6, 6.07) is 17.8.